The number of carbonyl (C=O) groups excluding carboxylic acids is 1. The van der Waals surface area contributed by atoms with Crippen molar-refractivity contribution in [2.75, 3.05) is 6.61 Å². The Morgan fingerprint density at radius 1 is 0.861 bits per heavy atom. The number of alkyl halides is 2. The van der Waals surface area contributed by atoms with Gasteiger partial charge in [0.15, 0.2) is 31.4 Å². The highest BCUT2D eigenvalue weighted by Crippen LogP contribution is 2.30. The van der Waals surface area contributed by atoms with Crippen LogP contribution in [-0.4, -0.2) is 30.8 Å². The van der Waals surface area contributed by atoms with E-state index in [0.717, 1.165) is 0 Å². The zero-order valence-corrected chi connectivity index (χ0v) is 20.4. The van der Waals surface area contributed by atoms with Gasteiger partial charge in [0.25, 0.3) is 0 Å². The SMILES string of the molecule is C.C.CCC(C)C(=O)OCC(F)(F)S(=O)(=O)[O-].c1ccc([S+](c2ccccc2)c2ccccc2)cc1. The monoisotopic (exact) mass is 540 g/mol. The van der Waals surface area contributed by atoms with E-state index in [4.69, 9.17) is 0 Å². The fourth-order valence-electron chi connectivity index (χ4n) is 2.61. The topological polar surface area (TPSA) is 83.5 Å². The third-order valence-electron chi connectivity index (χ3n) is 4.70. The molecule has 0 aromatic heterocycles. The van der Waals surface area contributed by atoms with E-state index in [1.165, 1.54) is 21.6 Å². The van der Waals surface area contributed by atoms with Crippen LogP contribution in [0, 0.1) is 5.92 Å². The molecule has 0 radical (unpaired) electrons. The van der Waals surface area contributed by atoms with Crippen molar-refractivity contribution in [1.82, 2.24) is 0 Å². The number of benzene rings is 3. The molecule has 3 aromatic rings. The molecule has 0 spiro atoms. The Bertz CT molecular complexity index is 1030. The predicted molar refractivity (Wildman–Crippen MR) is 140 cm³/mol. The molecule has 36 heavy (non-hydrogen) atoms. The zero-order valence-electron chi connectivity index (χ0n) is 18.8. The Morgan fingerprint density at radius 3 is 1.47 bits per heavy atom. The first kappa shape index (κ1) is 33.2. The molecular formula is C27H34F2O5S2. The second kappa shape index (κ2) is 15.4. The summed E-state index contributed by atoms with van der Waals surface area (Å²) in [5.41, 5.74) is 0. The average molecular weight is 541 g/mol. The minimum absolute atomic E-state index is 0. The molecule has 0 saturated carbocycles. The van der Waals surface area contributed by atoms with Gasteiger partial charge in [0.2, 0.25) is 0 Å². The van der Waals surface area contributed by atoms with E-state index < -0.39 is 33.9 Å². The summed E-state index contributed by atoms with van der Waals surface area (Å²) in [4.78, 5) is 15.0. The van der Waals surface area contributed by atoms with Crippen molar-refractivity contribution in [2.24, 2.45) is 5.92 Å². The van der Waals surface area contributed by atoms with Crippen molar-refractivity contribution >= 4 is 27.0 Å². The van der Waals surface area contributed by atoms with E-state index in [0.29, 0.717) is 6.42 Å². The average Bonchev–Trinajstić information content (AvgIpc) is 2.84. The van der Waals surface area contributed by atoms with E-state index in [2.05, 4.69) is 95.7 Å². The molecule has 9 heteroatoms. The number of ether oxygens (including phenoxy) is 1. The molecule has 0 amide bonds. The van der Waals surface area contributed by atoms with Gasteiger partial charge in [0.1, 0.15) is 0 Å². The van der Waals surface area contributed by atoms with Crippen LogP contribution in [0.5, 0.6) is 0 Å². The lowest BCUT2D eigenvalue weighted by Crippen LogP contribution is -2.35. The van der Waals surface area contributed by atoms with Crippen LogP contribution in [0.2, 0.25) is 0 Å². The van der Waals surface area contributed by atoms with E-state index in [1.54, 1.807) is 6.92 Å². The van der Waals surface area contributed by atoms with Gasteiger partial charge < -0.3 is 9.29 Å². The van der Waals surface area contributed by atoms with E-state index in [9.17, 15) is 26.5 Å². The number of carbonyl (C=O) groups is 1. The van der Waals surface area contributed by atoms with Gasteiger partial charge in [-0.15, -0.1) is 0 Å². The number of rotatable bonds is 8. The molecule has 0 N–H and O–H groups in total. The molecule has 0 saturated heterocycles. The number of esters is 1. The van der Waals surface area contributed by atoms with Crippen molar-refractivity contribution in [3.8, 4) is 0 Å². The third-order valence-corrected chi connectivity index (χ3v) is 7.78. The van der Waals surface area contributed by atoms with Crippen LogP contribution in [0.4, 0.5) is 8.78 Å². The van der Waals surface area contributed by atoms with Crippen LogP contribution in [-0.2, 0) is 30.5 Å². The van der Waals surface area contributed by atoms with E-state index >= 15 is 0 Å². The van der Waals surface area contributed by atoms with Crippen LogP contribution >= 0.6 is 0 Å². The summed E-state index contributed by atoms with van der Waals surface area (Å²) in [6, 6.07) is 32.2. The van der Waals surface area contributed by atoms with Crippen LogP contribution in [0.15, 0.2) is 106 Å². The Morgan fingerprint density at radius 2 is 1.19 bits per heavy atom. The molecule has 0 fully saturated rings. The largest absolute Gasteiger partial charge is 0.743 e. The molecule has 3 aromatic carbocycles. The molecule has 1 unspecified atom stereocenters. The first-order valence-electron chi connectivity index (χ1n) is 10.5. The molecule has 198 valence electrons. The number of halogens is 2. The van der Waals surface area contributed by atoms with Crippen molar-refractivity contribution in [1.29, 1.82) is 0 Å². The lowest BCUT2D eigenvalue weighted by Gasteiger charge is -2.20. The molecule has 3 rings (SSSR count). The molecule has 1 atom stereocenters. The summed E-state index contributed by atoms with van der Waals surface area (Å²) in [6.07, 6.45) is 0.370. The molecule has 0 heterocycles. The highest BCUT2D eigenvalue weighted by molar-refractivity contribution is 7.97. The Kier molecular flexibility index (Phi) is 14.2. The Balaban J connectivity index is 0.000000666. The predicted octanol–water partition coefficient (Wildman–Crippen LogP) is 6.77. The minimum Gasteiger partial charge on any atom is -0.743 e. The summed E-state index contributed by atoms with van der Waals surface area (Å²) >= 11 is 0. The fourth-order valence-corrected chi connectivity index (χ4v) is 4.92. The van der Waals surface area contributed by atoms with Gasteiger partial charge in [-0.3, -0.25) is 4.79 Å². The highest BCUT2D eigenvalue weighted by atomic mass is 32.2. The van der Waals surface area contributed by atoms with Crippen LogP contribution < -0.4 is 0 Å². The lowest BCUT2D eigenvalue weighted by molar-refractivity contribution is -0.154. The van der Waals surface area contributed by atoms with Gasteiger partial charge in [0, 0.05) is 0 Å². The maximum Gasteiger partial charge on any atom is 0.367 e. The van der Waals surface area contributed by atoms with Gasteiger partial charge in [-0.2, -0.15) is 8.78 Å². The lowest BCUT2D eigenvalue weighted by atomic mass is 10.1. The van der Waals surface area contributed by atoms with E-state index in [-0.39, 0.29) is 25.7 Å². The molecule has 0 aliphatic carbocycles. The Hall–Kier alpha value is -2.75. The minimum atomic E-state index is -5.79. The van der Waals surface area contributed by atoms with Crippen LogP contribution in [0.25, 0.3) is 0 Å². The normalized spacial score (nSPS) is 11.7. The summed E-state index contributed by atoms with van der Waals surface area (Å²) in [5, 5.41) is -4.57. The van der Waals surface area contributed by atoms with Gasteiger partial charge >= 0.3 is 11.2 Å². The highest BCUT2D eigenvalue weighted by Gasteiger charge is 2.39. The summed E-state index contributed by atoms with van der Waals surface area (Å²) in [6.45, 7) is 1.34. The Labute approximate surface area is 216 Å². The van der Waals surface area contributed by atoms with Crippen LogP contribution in [0.1, 0.15) is 35.1 Å². The molecular weight excluding hydrogens is 506 g/mol. The summed E-state index contributed by atoms with van der Waals surface area (Å²) in [7, 11) is -5.81. The summed E-state index contributed by atoms with van der Waals surface area (Å²) in [5.74, 6) is -1.57. The van der Waals surface area contributed by atoms with E-state index in [1.807, 2.05) is 0 Å². The number of hydrogen-bond donors (Lipinski definition) is 0. The smallest absolute Gasteiger partial charge is 0.367 e. The quantitative estimate of drug-likeness (QED) is 0.179. The van der Waals surface area contributed by atoms with Crippen molar-refractivity contribution in [2.45, 2.75) is 55.1 Å². The first-order chi connectivity index (χ1) is 16.1. The molecule has 0 aliphatic rings. The second-order valence-electron chi connectivity index (χ2n) is 7.25. The van der Waals surface area contributed by atoms with Crippen LogP contribution in [0.3, 0.4) is 0 Å². The maximum absolute atomic E-state index is 12.5. The van der Waals surface area contributed by atoms with Gasteiger partial charge in [0.05, 0.1) is 16.8 Å². The fraction of sp³-hybridized carbons (Fsp3) is 0.296. The molecule has 5 nitrogen and oxygen atoms in total. The molecule has 0 aliphatic heterocycles. The van der Waals surface area contributed by atoms with Crippen molar-refractivity contribution in [3.05, 3.63) is 91.0 Å². The first-order valence-corrected chi connectivity index (χ1v) is 13.1. The second-order valence-corrected chi connectivity index (χ2v) is 10.8. The standard InChI is InChI=1S/C18H15S.C7H12F2O5S.2CH4/c1-4-10-16(11-5-1)19(17-12-6-2-7-13-17)18-14-8-3-9-15-18;1-3-5(2)6(10)14-4-7(8,9)15(11,12)13;;/h1-15H;5H,3-4H2,1-2H3,(H,11,12,13);2*1H4/q+1;;;/p-1. The maximum atomic E-state index is 12.5. The van der Waals surface area contributed by atoms with Gasteiger partial charge in [-0.25, -0.2) is 8.42 Å². The van der Waals surface area contributed by atoms with Crippen molar-refractivity contribution in [3.63, 3.8) is 0 Å². The van der Waals surface area contributed by atoms with Gasteiger partial charge in [-0.05, 0) is 42.8 Å². The number of hydrogen-bond acceptors (Lipinski definition) is 5. The third kappa shape index (κ3) is 9.72. The van der Waals surface area contributed by atoms with Crippen molar-refractivity contribution < 1.29 is 31.3 Å². The molecule has 0 bridgehead atoms. The zero-order chi connectivity index (χ0) is 25.2. The van der Waals surface area contributed by atoms with Gasteiger partial charge in [-0.1, -0.05) is 83.3 Å². The summed E-state index contributed by atoms with van der Waals surface area (Å²) < 4.78 is 59.0.